The summed E-state index contributed by atoms with van der Waals surface area (Å²) in [5, 5.41) is 17.2. The van der Waals surface area contributed by atoms with Crippen LogP contribution in [0.15, 0.2) is 24.3 Å². The van der Waals surface area contributed by atoms with Crippen LogP contribution in [0.3, 0.4) is 0 Å². The summed E-state index contributed by atoms with van der Waals surface area (Å²) in [4.78, 5) is 10.1. The third kappa shape index (κ3) is 2.74. The average molecular weight is 184 g/mol. The zero-order chi connectivity index (χ0) is 9.84. The van der Waals surface area contributed by atoms with Gasteiger partial charge in [-0.15, -0.1) is 0 Å². The minimum atomic E-state index is -1.88. The van der Waals surface area contributed by atoms with E-state index in [2.05, 4.69) is 0 Å². The Morgan fingerprint density at radius 2 is 1.92 bits per heavy atom. The van der Waals surface area contributed by atoms with E-state index in [1.165, 1.54) is 24.3 Å². The number of aliphatic carboxylic acids is 1. The molecule has 1 aromatic carbocycles. The summed E-state index contributed by atoms with van der Waals surface area (Å²) < 4.78 is 12.6. The molecule has 0 radical (unpaired) electrons. The first-order valence-corrected chi connectivity index (χ1v) is 3.74. The lowest BCUT2D eigenvalue weighted by atomic mass is 10.1. The van der Waals surface area contributed by atoms with Crippen molar-refractivity contribution in [3.8, 4) is 5.75 Å². The predicted octanol–water partition coefficient (Wildman–Crippen LogP) is 1.36. The number of carbonyl (C=O) groups is 1. The zero-order valence-corrected chi connectivity index (χ0v) is 6.77. The van der Waals surface area contributed by atoms with Gasteiger partial charge in [0.25, 0.3) is 0 Å². The Bertz CT molecular complexity index is 294. The number of hydrogen-bond donors (Lipinski definition) is 2. The van der Waals surface area contributed by atoms with E-state index in [4.69, 9.17) is 10.2 Å². The highest BCUT2D eigenvalue weighted by Gasteiger charge is 2.15. The molecule has 0 saturated carbocycles. The first kappa shape index (κ1) is 9.51. The van der Waals surface area contributed by atoms with Crippen molar-refractivity contribution in [3.05, 3.63) is 29.8 Å². The fourth-order valence-electron chi connectivity index (χ4n) is 0.926. The van der Waals surface area contributed by atoms with Crippen molar-refractivity contribution >= 4 is 5.97 Å². The Morgan fingerprint density at radius 3 is 2.38 bits per heavy atom. The smallest absolute Gasteiger partial charge is 0.338 e. The lowest BCUT2D eigenvalue weighted by Crippen LogP contribution is -2.16. The van der Waals surface area contributed by atoms with Crippen molar-refractivity contribution in [1.29, 1.82) is 0 Å². The highest BCUT2D eigenvalue weighted by molar-refractivity contribution is 5.72. The molecule has 0 fully saturated rings. The van der Waals surface area contributed by atoms with Crippen LogP contribution in [0.1, 0.15) is 5.56 Å². The molecular formula is C9H9FO3. The van der Waals surface area contributed by atoms with Gasteiger partial charge in [0, 0.05) is 6.42 Å². The molecule has 2 N–H and O–H groups in total. The van der Waals surface area contributed by atoms with Crippen LogP contribution in [0.2, 0.25) is 0 Å². The van der Waals surface area contributed by atoms with Crippen molar-refractivity contribution in [2.24, 2.45) is 0 Å². The highest BCUT2D eigenvalue weighted by atomic mass is 19.1. The van der Waals surface area contributed by atoms with E-state index >= 15 is 0 Å². The quantitative estimate of drug-likeness (QED) is 0.745. The SMILES string of the molecule is O=C(O)[C@H](F)Cc1ccc(O)cc1. The van der Waals surface area contributed by atoms with Gasteiger partial charge in [-0.05, 0) is 17.7 Å². The van der Waals surface area contributed by atoms with Crippen LogP contribution in [0.5, 0.6) is 5.75 Å². The number of carboxylic acid groups (broad SMARTS) is 1. The number of benzene rings is 1. The van der Waals surface area contributed by atoms with Crippen molar-refractivity contribution in [2.45, 2.75) is 12.6 Å². The summed E-state index contributed by atoms with van der Waals surface area (Å²) >= 11 is 0. The molecule has 0 aromatic heterocycles. The van der Waals surface area contributed by atoms with Crippen molar-refractivity contribution in [2.75, 3.05) is 0 Å². The van der Waals surface area contributed by atoms with Gasteiger partial charge in [0.15, 0.2) is 0 Å². The van der Waals surface area contributed by atoms with Gasteiger partial charge in [-0.3, -0.25) is 0 Å². The summed E-state index contributed by atoms with van der Waals surface area (Å²) in [5.74, 6) is -1.39. The number of halogens is 1. The van der Waals surface area contributed by atoms with E-state index in [0.717, 1.165) is 0 Å². The van der Waals surface area contributed by atoms with Crippen LogP contribution in [0, 0.1) is 0 Å². The fraction of sp³-hybridized carbons (Fsp3) is 0.222. The van der Waals surface area contributed by atoms with E-state index in [1.807, 2.05) is 0 Å². The standard InChI is InChI=1S/C9H9FO3/c10-8(9(12)13)5-6-1-3-7(11)4-2-6/h1-4,8,11H,5H2,(H,12,13)/t8-/m1/s1. The molecule has 3 nitrogen and oxygen atoms in total. The molecule has 0 heterocycles. The Morgan fingerprint density at radius 1 is 1.38 bits per heavy atom. The third-order valence-corrected chi connectivity index (χ3v) is 1.62. The van der Waals surface area contributed by atoms with Gasteiger partial charge in [0.1, 0.15) is 5.75 Å². The van der Waals surface area contributed by atoms with Crippen LogP contribution in [0.25, 0.3) is 0 Å². The number of carboxylic acids is 1. The number of hydrogen-bond acceptors (Lipinski definition) is 2. The molecule has 4 heteroatoms. The second-order valence-electron chi connectivity index (χ2n) is 2.68. The molecule has 0 unspecified atom stereocenters. The molecule has 1 rings (SSSR count). The minimum absolute atomic E-state index is 0.0782. The Hall–Kier alpha value is -1.58. The normalized spacial score (nSPS) is 12.4. The molecular weight excluding hydrogens is 175 g/mol. The lowest BCUT2D eigenvalue weighted by molar-refractivity contribution is -0.142. The first-order valence-electron chi connectivity index (χ1n) is 3.74. The van der Waals surface area contributed by atoms with E-state index in [1.54, 1.807) is 0 Å². The molecule has 0 aliphatic heterocycles. The highest BCUT2D eigenvalue weighted by Crippen LogP contribution is 2.12. The number of phenols is 1. The summed E-state index contributed by atoms with van der Waals surface area (Å²) in [6.45, 7) is 0. The summed E-state index contributed by atoms with van der Waals surface area (Å²) in [6.07, 6.45) is -2.06. The van der Waals surface area contributed by atoms with Crippen molar-refractivity contribution < 1.29 is 19.4 Å². The number of rotatable bonds is 3. The lowest BCUT2D eigenvalue weighted by Gasteiger charge is -2.02. The Kier molecular flexibility index (Phi) is 2.84. The number of alkyl halides is 1. The second kappa shape index (κ2) is 3.89. The maximum Gasteiger partial charge on any atom is 0.338 e. The van der Waals surface area contributed by atoms with Crippen LogP contribution in [-0.2, 0) is 11.2 Å². The number of aromatic hydroxyl groups is 1. The summed E-state index contributed by atoms with van der Waals surface area (Å²) in [7, 11) is 0. The largest absolute Gasteiger partial charge is 0.508 e. The molecule has 0 amide bonds. The fourth-order valence-corrected chi connectivity index (χ4v) is 0.926. The summed E-state index contributed by atoms with van der Waals surface area (Å²) in [6, 6.07) is 5.77. The maximum absolute atomic E-state index is 12.6. The molecule has 0 spiro atoms. The van der Waals surface area contributed by atoms with Gasteiger partial charge < -0.3 is 10.2 Å². The molecule has 0 bridgehead atoms. The molecule has 1 aromatic rings. The van der Waals surface area contributed by atoms with Crippen molar-refractivity contribution in [1.82, 2.24) is 0 Å². The maximum atomic E-state index is 12.6. The zero-order valence-electron chi connectivity index (χ0n) is 6.77. The van der Waals surface area contributed by atoms with E-state index in [9.17, 15) is 9.18 Å². The minimum Gasteiger partial charge on any atom is -0.508 e. The van der Waals surface area contributed by atoms with Gasteiger partial charge in [0.2, 0.25) is 6.17 Å². The molecule has 70 valence electrons. The van der Waals surface area contributed by atoms with Crippen LogP contribution < -0.4 is 0 Å². The monoisotopic (exact) mass is 184 g/mol. The van der Waals surface area contributed by atoms with E-state index < -0.39 is 12.1 Å². The van der Waals surface area contributed by atoms with Gasteiger partial charge >= 0.3 is 5.97 Å². The average Bonchev–Trinajstić information content (AvgIpc) is 2.08. The Balaban J connectivity index is 2.64. The summed E-state index contributed by atoms with van der Waals surface area (Å²) in [5.41, 5.74) is 0.549. The van der Waals surface area contributed by atoms with Crippen LogP contribution in [-0.4, -0.2) is 22.4 Å². The third-order valence-electron chi connectivity index (χ3n) is 1.62. The van der Waals surface area contributed by atoms with Crippen LogP contribution >= 0.6 is 0 Å². The first-order chi connectivity index (χ1) is 6.09. The molecule has 1 atom stereocenters. The molecule has 0 aliphatic carbocycles. The van der Waals surface area contributed by atoms with Gasteiger partial charge in [0.05, 0.1) is 0 Å². The van der Waals surface area contributed by atoms with Gasteiger partial charge in [-0.25, -0.2) is 9.18 Å². The van der Waals surface area contributed by atoms with Gasteiger partial charge in [-0.2, -0.15) is 0 Å². The molecule has 0 aliphatic rings. The Labute approximate surface area is 74.4 Å². The predicted molar refractivity (Wildman–Crippen MR) is 44.3 cm³/mol. The topological polar surface area (TPSA) is 57.5 Å². The molecule has 0 saturated heterocycles. The van der Waals surface area contributed by atoms with Gasteiger partial charge in [-0.1, -0.05) is 12.1 Å². The van der Waals surface area contributed by atoms with E-state index in [0.29, 0.717) is 5.56 Å². The van der Waals surface area contributed by atoms with E-state index in [-0.39, 0.29) is 12.2 Å². The van der Waals surface area contributed by atoms with Crippen molar-refractivity contribution in [3.63, 3.8) is 0 Å². The molecule has 13 heavy (non-hydrogen) atoms. The van der Waals surface area contributed by atoms with Crippen LogP contribution in [0.4, 0.5) is 4.39 Å². The second-order valence-corrected chi connectivity index (χ2v) is 2.68. The number of phenolic OH excluding ortho intramolecular Hbond substituents is 1.